The molecule has 0 aliphatic rings. The highest BCUT2D eigenvalue weighted by atomic mass is 16.6. The third-order valence-corrected chi connectivity index (χ3v) is 4.12. The fourth-order valence-electron chi connectivity index (χ4n) is 2.72. The van der Waals surface area contributed by atoms with E-state index < -0.39 is 4.92 Å². The maximum Gasteiger partial charge on any atom is 0.269 e. The van der Waals surface area contributed by atoms with Gasteiger partial charge in [-0.15, -0.1) is 6.58 Å². The Kier molecular flexibility index (Phi) is 6.13. The first kappa shape index (κ1) is 19.2. The van der Waals surface area contributed by atoms with Crippen molar-refractivity contribution in [1.82, 2.24) is 15.0 Å². The van der Waals surface area contributed by atoms with Gasteiger partial charge in [0.25, 0.3) is 5.69 Å². The van der Waals surface area contributed by atoms with Crippen molar-refractivity contribution in [2.24, 2.45) is 0 Å². The van der Waals surface area contributed by atoms with Gasteiger partial charge in [0, 0.05) is 30.8 Å². The highest BCUT2D eigenvalue weighted by Gasteiger charge is 2.14. The van der Waals surface area contributed by atoms with Crippen molar-refractivity contribution >= 4 is 5.69 Å². The summed E-state index contributed by atoms with van der Waals surface area (Å²) in [7, 11) is 1.64. The molecule has 3 aromatic rings. The first-order valence-electron chi connectivity index (χ1n) is 8.62. The first-order chi connectivity index (χ1) is 13.6. The van der Waals surface area contributed by atoms with Gasteiger partial charge in [-0.2, -0.15) is 4.98 Å². The number of ether oxygens (including phenoxy) is 1. The molecular formula is C20H20N4O4. The molecule has 8 nitrogen and oxygen atoms in total. The summed E-state index contributed by atoms with van der Waals surface area (Å²) in [5, 5.41) is 14.7. The van der Waals surface area contributed by atoms with Gasteiger partial charge >= 0.3 is 0 Å². The Hall–Kier alpha value is -3.52. The summed E-state index contributed by atoms with van der Waals surface area (Å²) in [6.07, 6.45) is 1.82. The smallest absolute Gasteiger partial charge is 0.269 e. The van der Waals surface area contributed by atoms with E-state index in [1.54, 1.807) is 19.2 Å². The van der Waals surface area contributed by atoms with E-state index in [1.807, 2.05) is 30.3 Å². The van der Waals surface area contributed by atoms with Gasteiger partial charge in [0.1, 0.15) is 5.75 Å². The molecule has 1 heterocycles. The molecule has 0 radical (unpaired) electrons. The Morgan fingerprint density at radius 1 is 1.18 bits per heavy atom. The van der Waals surface area contributed by atoms with Crippen molar-refractivity contribution in [2.45, 2.75) is 13.1 Å². The number of nitro benzene ring substituents is 1. The van der Waals surface area contributed by atoms with Crippen LogP contribution >= 0.6 is 0 Å². The van der Waals surface area contributed by atoms with Crippen LogP contribution in [-0.2, 0) is 13.1 Å². The Morgan fingerprint density at radius 3 is 2.50 bits per heavy atom. The van der Waals surface area contributed by atoms with Crippen molar-refractivity contribution in [2.75, 3.05) is 13.7 Å². The Labute approximate surface area is 162 Å². The Bertz CT molecular complexity index is 936. The van der Waals surface area contributed by atoms with Gasteiger partial charge in [0.05, 0.1) is 18.6 Å². The second-order valence-corrected chi connectivity index (χ2v) is 6.12. The van der Waals surface area contributed by atoms with Crippen molar-refractivity contribution in [3.63, 3.8) is 0 Å². The van der Waals surface area contributed by atoms with Crippen LogP contribution < -0.4 is 4.74 Å². The van der Waals surface area contributed by atoms with E-state index in [0.29, 0.717) is 36.9 Å². The SMILES string of the molecule is C=CCN(Cc1ccc(OC)cc1)Cc1nc(-c2ccc([N+](=O)[O-])cc2)no1. The van der Waals surface area contributed by atoms with Crippen molar-refractivity contribution in [3.05, 3.63) is 82.8 Å². The summed E-state index contributed by atoms with van der Waals surface area (Å²) in [5.41, 5.74) is 1.80. The number of hydrogen-bond acceptors (Lipinski definition) is 7. The van der Waals surface area contributed by atoms with Crippen LogP contribution in [-0.4, -0.2) is 33.6 Å². The second-order valence-electron chi connectivity index (χ2n) is 6.12. The number of nitrogens with zero attached hydrogens (tertiary/aromatic N) is 4. The average Bonchev–Trinajstić information content (AvgIpc) is 3.17. The van der Waals surface area contributed by atoms with E-state index in [-0.39, 0.29) is 5.69 Å². The molecule has 0 unspecified atom stereocenters. The lowest BCUT2D eigenvalue weighted by molar-refractivity contribution is -0.384. The van der Waals surface area contributed by atoms with Crippen LogP contribution in [0, 0.1) is 10.1 Å². The van der Waals surface area contributed by atoms with E-state index in [9.17, 15) is 10.1 Å². The third-order valence-electron chi connectivity index (χ3n) is 4.12. The van der Waals surface area contributed by atoms with Crippen LogP contribution in [0.4, 0.5) is 5.69 Å². The molecule has 0 aliphatic carbocycles. The monoisotopic (exact) mass is 380 g/mol. The van der Waals surface area contributed by atoms with E-state index in [4.69, 9.17) is 9.26 Å². The van der Waals surface area contributed by atoms with E-state index in [1.165, 1.54) is 12.1 Å². The minimum atomic E-state index is -0.447. The predicted octanol–water partition coefficient (Wildman–Crippen LogP) is 3.84. The molecule has 2 aromatic carbocycles. The Balaban J connectivity index is 1.69. The molecule has 0 saturated carbocycles. The molecule has 0 spiro atoms. The molecule has 0 atom stereocenters. The average molecular weight is 380 g/mol. The summed E-state index contributed by atoms with van der Waals surface area (Å²) >= 11 is 0. The molecule has 3 rings (SSSR count). The first-order valence-corrected chi connectivity index (χ1v) is 8.62. The van der Waals surface area contributed by atoms with Gasteiger partial charge in [-0.1, -0.05) is 23.4 Å². The van der Waals surface area contributed by atoms with Gasteiger partial charge in [-0.05, 0) is 29.8 Å². The van der Waals surface area contributed by atoms with Gasteiger partial charge < -0.3 is 9.26 Å². The molecule has 1 aromatic heterocycles. The number of nitro groups is 1. The molecule has 144 valence electrons. The fraction of sp³-hybridized carbons (Fsp3) is 0.200. The zero-order valence-electron chi connectivity index (χ0n) is 15.4. The van der Waals surface area contributed by atoms with E-state index in [0.717, 1.165) is 11.3 Å². The topological polar surface area (TPSA) is 94.5 Å². The molecule has 28 heavy (non-hydrogen) atoms. The number of methoxy groups -OCH3 is 1. The highest BCUT2D eigenvalue weighted by molar-refractivity contribution is 5.56. The van der Waals surface area contributed by atoms with Crippen molar-refractivity contribution in [1.29, 1.82) is 0 Å². The summed E-state index contributed by atoms with van der Waals surface area (Å²) in [6, 6.07) is 13.9. The van der Waals surface area contributed by atoms with Crippen LogP contribution in [0.25, 0.3) is 11.4 Å². The quantitative estimate of drug-likeness (QED) is 0.316. The largest absolute Gasteiger partial charge is 0.497 e. The van der Waals surface area contributed by atoms with Crippen molar-refractivity contribution < 1.29 is 14.2 Å². The molecule has 8 heteroatoms. The molecule has 0 fully saturated rings. The normalized spacial score (nSPS) is 10.8. The third kappa shape index (κ3) is 4.80. The zero-order chi connectivity index (χ0) is 19.9. The lowest BCUT2D eigenvalue weighted by atomic mass is 10.2. The van der Waals surface area contributed by atoms with Crippen LogP contribution in [0.5, 0.6) is 5.75 Å². The fourth-order valence-corrected chi connectivity index (χ4v) is 2.72. The number of hydrogen-bond donors (Lipinski definition) is 0. The number of non-ortho nitro benzene ring substituents is 1. The number of rotatable bonds is 9. The van der Waals surface area contributed by atoms with Crippen LogP contribution in [0.3, 0.4) is 0 Å². The van der Waals surface area contributed by atoms with Gasteiger partial charge in [0.2, 0.25) is 11.7 Å². The number of aromatic nitrogens is 2. The lowest BCUT2D eigenvalue weighted by Crippen LogP contribution is -2.23. The van der Waals surface area contributed by atoms with Crippen LogP contribution in [0.2, 0.25) is 0 Å². The van der Waals surface area contributed by atoms with Gasteiger partial charge in [-0.3, -0.25) is 15.0 Å². The van der Waals surface area contributed by atoms with Crippen molar-refractivity contribution in [3.8, 4) is 17.1 Å². The second kappa shape index (κ2) is 8.92. The number of benzene rings is 2. The lowest BCUT2D eigenvalue weighted by Gasteiger charge is -2.18. The molecule has 0 N–H and O–H groups in total. The molecular weight excluding hydrogens is 360 g/mol. The predicted molar refractivity (Wildman–Crippen MR) is 104 cm³/mol. The maximum absolute atomic E-state index is 10.8. The summed E-state index contributed by atoms with van der Waals surface area (Å²) in [5.74, 6) is 1.67. The zero-order valence-corrected chi connectivity index (χ0v) is 15.4. The Morgan fingerprint density at radius 2 is 1.89 bits per heavy atom. The van der Waals surface area contributed by atoms with Crippen LogP contribution in [0.15, 0.2) is 65.7 Å². The molecule has 0 bridgehead atoms. The van der Waals surface area contributed by atoms with E-state index >= 15 is 0 Å². The minimum Gasteiger partial charge on any atom is -0.497 e. The van der Waals surface area contributed by atoms with Gasteiger partial charge in [0.15, 0.2) is 0 Å². The summed E-state index contributed by atoms with van der Waals surface area (Å²) in [6.45, 7) is 5.60. The highest BCUT2D eigenvalue weighted by Crippen LogP contribution is 2.21. The maximum atomic E-state index is 10.8. The molecule has 0 aliphatic heterocycles. The van der Waals surface area contributed by atoms with E-state index in [2.05, 4.69) is 21.6 Å². The molecule has 0 saturated heterocycles. The summed E-state index contributed by atoms with van der Waals surface area (Å²) in [4.78, 5) is 16.8. The molecule has 0 amide bonds. The van der Waals surface area contributed by atoms with Gasteiger partial charge in [-0.25, -0.2) is 0 Å². The minimum absolute atomic E-state index is 0.0177. The summed E-state index contributed by atoms with van der Waals surface area (Å²) < 4.78 is 10.5. The van der Waals surface area contributed by atoms with Crippen LogP contribution in [0.1, 0.15) is 11.5 Å². The standard InChI is InChI=1S/C20H20N4O4/c1-3-12-23(13-15-4-10-18(27-2)11-5-15)14-19-21-20(22-28-19)16-6-8-17(9-7-16)24(25)26/h3-11H,1,12-14H2,2H3.